The highest BCUT2D eigenvalue weighted by Gasteiger charge is 2.12. The molecule has 2 aromatic rings. The van der Waals surface area contributed by atoms with Crippen molar-refractivity contribution in [2.24, 2.45) is 4.99 Å². The number of benzene rings is 1. The van der Waals surface area contributed by atoms with Crippen LogP contribution in [0.4, 0.5) is 0 Å². The molecular formula is C16H16N2O3. The molecule has 1 aromatic carbocycles. The van der Waals surface area contributed by atoms with Crippen LogP contribution in [0, 0.1) is 0 Å². The molecule has 0 saturated carbocycles. The Morgan fingerprint density at radius 2 is 1.81 bits per heavy atom. The fourth-order valence-corrected chi connectivity index (χ4v) is 1.88. The minimum absolute atomic E-state index is 0.158. The minimum Gasteiger partial charge on any atom is -0.496 e. The van der Waals surface area contributed by atoms with Gasteiger partial charge in [-0.25, -0.2) is 0 Å². The number of amides is 1. The number of hydrogen-bond acceptors (Lipinski definition) is 3. The van der Waals surface area contributed by atoms with Crippen LogP contribution < -0.4 is 5.49 Å². The van der Waals surface area contributed by atoms with E-state index in [9.17, 15) is 10.0 Å². The Balaban J connectivity index is 2.44. The Kier molecular flexibility index (Phi) is 4.56. The van der Waals surface area contributed by atoms with E-state index in [2.05, 4.69) is 4.99 Å². The van der Waals surface area contributed by atoms with Gasteiger partial charge in [0.15, 0.2) is 5.49 Å². The minimum atomic E-state index is -0.468. The van der Waals surface area contributed by atoms with Gasteiger partial charge in [-0.15, -0.1) is 0 Å². The maximum absolute atomic E-state index is 12.2. The zero-order valence-corrected chi connectivity index (χ0v) is 11.9. The Labute approximate surface area is 122 Å². The van der Waals surface area contributed by atoms with E-state index in [4.69, 9.17) is 4.74 Å². The second-order valence-electron chi connectivity index (χ2n) is 4.34. The molecule has 0 spiro atoms. The Morgan fingerprint density at radius 1 is 1.14 bits per heavy atom. The summed E-state index contributed by atoms with van der Waals surface area (Å²) in [5, 5.41) is 9.58. The molecule has 0 bridgehead atoms. The van der Waals surface area contributed by atoms with E-state index < -0.39 is 5.91 Å². The summed E-state index contributed by atoms with van der Waals surface area (Å²) in [5.41, 5.74) is 1.32. The number of nitrogens with zero attached hydrogens (tertiary/aromatic N) is 2. The third kappa shape index (κ3) is 3.39. The Morgan fingerprint density at radius 3 is 2.43 bits per heavy atom. The van der Waals surface area contributed by atoms with Crippen LogP contribution in [0.25, 0.3) is 5.76 Å². The summed E-state index contributed by atoms with van der Waals surface area (Å²) < 4.78 is 6.11. The fraction of sp³-hybridized carbons (Fsp3) is 0.125. The summed E-state index contributed by atoms with van der Waals surface area (Å²) in [5.74, 6) is -0.00512. The molecule has 0 radical (unpaired) electrons. The van der Waals surface area contributed by atoms with Crippen LogP contribution in [0.15, 0.2) is 65.3 Å². The predicted molar refractivity (Wildman–Crippen MR) is 78.2 cm³/mol. The van der Waals surface area contributed by atoms with Crippen molar-refractivity contribution in [3.05, 3.63) is 71.4 Å². The topological polar surface area (TPSA) is 63.8 Å². The summed E-state index contributed by atoms with van der Waals surface area (Å²) in [4.78, 5) is 16.1. The first-order chi connectivity index (χ1) is 10.1. The lowest BCUT2D eigenvalue weighted by atomic mass is 10.1. The molecule has 0 aliphatic rings. The molecule has 21 heavy (non-hydrogen) atoms. The van der Waals surface area contributed by atoms with E-state index in [-0.39, 0.29) is 5.49 Å². The van der Waals surface area contributed by atoms with Crippen molar-refractivity contribution < 1.29 is 14.7 Å². The number of ether oxygens (including phenoxy) is 1. The van der Waals surface area contributed by atoms with E-state index in [0.717, 1.165) is 10.3 Å². The highest BCUT2D eigenvalue weighted by Crippen LogP contribution is 2.19. The molecule has 0 saturated heterocycles. The molecule has 1 heterocycles. The van der Waals surface area contributed by atoms with E-state index in [0.29, 0.717) is 11.3 Å². The van der Waals surface area contributed by atoms with Crippen molar-refractivity contribution in [2.45, 2.75) is 6.92 Å². The lowest BCUT2D eigenvalue weighted by Gasteiger charge is -2.09. The van der Waals surface area contributed by atoms with Gasteiger partial charge in [-0.1, -0.05) is 36.4 Å². The molecule has 5 heteroatoms. The molecule has 1 N–H and O–H groups in total. The third-order valence-corrected chi connectivity index (χ3v) is 2.94. The molecule has 0 aliphatic heterocycles. The maximum atomic E-state index is 12.2. The van der Waals surface area contributed by atoms with Crippen LogP contribution in [0.1, 0.15) is 12.5 Å². The Bertz CT molecular complexity index is 730. The second-order valence-corrected chi connectivity index (χ2v) is 4.34. The largest absolute Gasteiger partial charge is 0.496 e. The number of methoxy groups -OCH3 is 1. The Hall–Kier alpha value is -2.82. The van der Waals surface area contributed by atoms with Gasteiger partial charge in [0.2, 0.25) is 0 Å². The van der Waals surface area contributed by atoms with Crippen LogP contribution in [-0.4, -0.2) is 23.0 Å². The summed E-state index contributed by atoms with van der Waals surface area (Å²) in [6.07, 6.45) is 1.40. The lowest BCUT2D eigenvalue weighted by Crippen LogP contribution is -2.19. The van der Waals surface area contributed by atoms with E-state index in [1.54, 1.807) is 25.1 Å². The van der Waals surface area contributed by atoms with Crippen molar-refractivity contribution in [3.63, 3.8) is 0 Å². The summed E-state index contributed by atoms with van der Waals surface area (Å²) in [7, 11) is 1.51. The van der Waals surface area contributed by atoms with Gasteiger partial charge >= 0.3 is 0 Å². The summed E-state index contributed by atoms with van der Waals surface area (Å²) >= 11 is 0. The molecule has 0 atom stereocenters. The fourth-order valence-electron chi connectivity index (χ4n) is 1.88. The first-order valence-electron chi connectivity index (χ1n) is 6.39. The predicted octanol–water partition coefficient (Wildman–Crippen LogP) is 2.23. The quantitative estimate of drug-likeness (QED) is 0.534. The van der Waals surface area contributed by atoms with Crippen molar-refractivity contribution in [1.82, 2.24) is 4.73 Å². The van der Waals surface area contributed by atoms with Crippen LogP contribution in [0.5, 0.6) is 0 Å². The monoisotopic (exact) mass is 284 g/mol. The standard InChI is InChI=1S/C16H16N2O3/c1-12(15(21-2)13-8-4-3-5-9-13)16(19)17-14-10-6-7-11-18(14)20/h3-11,20H,1-2H3/b15-12-,17-14?. The molecule has 2 rings (SSSR count). The van der Waals surface area contributed by atoms with Crippen LogP contribution in [-0.2, 0) is 9.53 Å². The molecular weight excluding hydrogens is 268 g/mol. The zero-order valence-electron chi connectivity index (χ0n) is 11.9. The number of hydrogen-bond donors (Lipinski definition) is 1. The molecule has 1 aromatic heterocycles. The zero-order chi connectivity index (χ0) is 15.2. The first kappa shape index (κ1) is 14.6. The van der Waals surface area contributed by atoms with Crippen LogP contribution in [0.2, 0.25) is 0 Å². The van der Waals surface area contributed by atoms with Crippen molar-refractivity contribution in [3.8, 4) is 0 Å². The number of carbonyl (C=O) groups excluding carboxylic acids is 1. The normalized spacial score (nSPS) is 12.8. The maximum Gasteiger partial charge on any atom is 0.278 e. The highest BCUT2D eigenvalue weighted by atomic mass is 16.5. The SMILES string of the molecule is CO/C(=C(/C)C(=O)N=c1ccccn1O)c1ccccc1. The number of aromatic nitrogens is 1. The van der Waals surface area contributed by atoms with Gasteiger partial charge in [0, 0.05) is 11.8 Å². The lowest BCUT2D eigenvalue weighted by molar-refractivity contribution is -0.114. The molecule has 0 aliphatic carbocycles. The van der Waals surface area contributed by atoms with Gasteiger partial charge < -0.3 is 9.94 Å². The van der Waals surface area contributed by atoms with Crippen molar-refractivity contribution in [2.75, 3.05) is 7.11 Å². The van der Waals surface area contributed by atoms with E-state index in [1.165, 1.54) is 13.3 Å². The molecule has 1 amide bonds. The molecule has 0 fully saturated rings. The third-order valence-electron chi connectivity index (χ3n) is 2.94. The van der Waals surface area contributed by atoms with Crippen LogP contribution >= 0.6 is 0 Å². The highest BCUT2D eigenvalue weighted by molar-refractivity contribution is 5.99. The summed E-state index contributed by atoms with van der Waals surface area (Å²) in [6, 6.07) is 14.2. The van der Waals surface area contributed by atoms with Gasteiger partial charge in [-0.05, 0) is 19.1 Å². The number of rotatable bonds is 3. The van der Waals surface area contributed by atoms with Crippen LogP contribution in [0.3, 0.4) is 0 Å². The first-order valence-corrected chi connectivity index (χ1v) is 6.39. The van der Waals surface area contributed by atoms with Crippen molar-refractivity contribution in [1.29, 1.82) is 0 Å². The van der Waals surface area contributed by atoms with E-state index in [1.807, 2.05) is 30.3 Å². The summed E-state index contributed by atoms with van der Waals surface area (Å²) in [6.45, 7) is 1.64. The van der Waals surface area contributed by atoms with Gasteiger partial charge in [0.25, 0.3) is 5.91 Å². The van der Waals surface area contributed by atoms with Gasteiger partial charge in [-0.3, -0.25) is 4.79 Å². The van der Waals surface area contributed by atoms with Gasteiger partial charge in [-0.2, -0.15) is 9.72 Å². The molecule has 0 unspecified atom stereocenters. The number of pyridine rings is 1. The van der Waals surface area contributed by atoms with Gasteiger partial charge in [0.1, 0.15) is 5.76 Å². The molecule has 5 nitrogen and oxygen atoms in total. The number of carbonyl (C=O) groups is 1. The average Bonchev–Trinajstić information content (AvgIpc) is 2.51. The second kappa shape index (κ2) is 6.56. The smallest absolute Gasteiger partial charge is 0.278 e. The van der Waals surface area contributed by atoms with Gasteiger partial charge in [0.05, 0.1) is 12.7 Å². The average molecular weight is 284 g/mol. The van der Waals surface area contributed by atoms with Crippen molar-refractivity contribution >= 4 is 11.7 Å². The molecule has 108 valence electrons. The van der Waals surface area contributed by atoms with E-state index >= 15 is 0 Å².